The highest BCUT2D eigenvalue weighted by Gasteiger charge is 2.13. The summed E-state index contributed by atoms with van der Waals surface area (Å²) in [5.74, 6) is 0.143. The summed E-state index contributed by atoms with van der Waals surface area (Å²) in [5.41, 5.74) is 0. The van der Waals surface area contributed by atoms with Crippen molar-refractivity contribution in [2.45, 2.75) is 26.4 Å². The number of nitrogens with one attached hydrogen (secondary N) is 1. The molecule has 68 valence electrons. The van der Waals surface area contributed by atoms with Crippen molar-refractivity contribution in [2.75, 3.05) is 6.54 Å². The number of carbonyl (C=O) groups excluding carboxylic acids is 1. The molecule has 0 spiro atoms. The first-order chi connectivity index (χ1) is 5.70. The molecule has 1 aliphatic rings. The van der Waals surface area contributed by atoms with E-state index in [2.05, 4.69) is 5.32 Å². The molecule has 0 aromatic carbocycles. The van der Waals surface area contributed by atoms with Crippen LogP contribution in [0.3, 0.4) is 0 Å². The first-order valence-corrected chi connectivity index (χ1v) is 4.28. The largest absolute Gasteiger partial charge is 0.496 e. The van der Waals surface area contributed by atoms with Gasteiger partial charge in [0.1, 0.15) is 6.10 Å². The van der Waals surface area contributed by atoms with Crippen LogP contribution in [0.15, 0.2) is 12.3 Å². The van der Waals surface area contributed by atoms with Gasteiger partial charge in [0.2, 0.25) is 5.91 Å². The minimum atomic E-state index is 0.0550. The van der Waals surface area contributed by atoms with E-state index in [1.54, 1.807) is 6.26 Å². The van der Waals surface area contributed by atoms with Crippen LogP contribution in [0.2, 0.25) is 0 Å². The van der Waals surface area contributed by atoms with E-state index in [-0.39, 0.29) is 17.9 Å². The summed E-state index contributed by atoms with van der Waals surface area (Å²) in [7, 11) is 0. The first-order valence-electron chi connectivity index (χ1n) is 4.28. The molecule has 1 atom stereocenters. The number of ether oxygens (including phenoxy) is 1. The molecule has 12 heavy (non-hydrogen) atoms. The van der Waals surface area contributed by atoms with E-state index in [9.17, 15) is 4.79 Å². The summed E-state index contributed by atoms with van der Waals surface area (Å²) in [6, 6.07) is 0. The summed E-state index contributed by atoms with van der Waals surface area (Å²) in [4.78, 5) is 11.1. The number of hydrogen-bond acceptors (Lipinski definition) is 2. The first kappa shape index (κ1) is 9.10. The molecule has 3 nitrogen and oxygen atoms in total. The van der Waals surface area contributed by atoms with E-state index in [1.807, 2.05) is 19.9 Å². The molecule has 3 heteroatoms. The van der Waals surface area contributed by atoms with Crippen LogP contribution in [0.1, 0.15) is 20.3 Å². The fourth-order valence-electron chi connectivity index (χ4n) is 0.980. The van der Waals surface area contributed by atoms with Gasteiger partial charge in [-0.15, -0.1) is 0 Å². The second-order valence-corrected chi connectivity index (χ2v) is 3.27. The van der Waals surface area contributed by atoms with Gasteiger partial charge in [-0.1, -0.05) is 13.8 Å². The van der Waals surface area contributed by atoms with Gasteiger partial charge in [-0.05, 0) is 6.08 Å². The quantitative estimate of drug-likeness (QED) is 0.686. The maximum Gasteiger partial charge on any atom is 0.222 e. The van der Waals surface area contributed by atoms with Crippen LogP contribution in [0, 0.1) is 5.92 Å². The lowest BCUT2D eigenvalue weighted by Gasteiger charge is -2.12. The van der Waals surface area contributed by atoms with E-state index in [0.717, 1.165) is 6.42 Å². The Morgan fingerprint density at radius 1 is 1.75 bits per heavy atom. The second-order valence-electron chi connectivity index (χ2n) is 3.27. The number of amides is 1. The van der Waals surface area contributed by atoms with Crippen molar-refractivity contribution >= 4 is 5.91 Å². The standard InChI is InChI=1S/C9H15NO2/c1-7(2)9(11)10-6-8-4-3-5-12-8/h3,5,7-8H,4,6H2,1-2H3,(H,10,11). The second kappa shape index (κ2) is 4.14. The third kappa shape index (κ3) is 2.57. The lowest BCUT2D eigenvalue weighted by molar-refractivity contribution is -0.124. The molecule has 0 radical (unpaired) electrons. The van der Waals surface area contributed by atoms with Gasteiger partial charge in [0, 0.05) is 12.3 Å². The van der Waals surface area contributed by atoms with Gasteiger partial charge >= 0.3 is 0 Å². The molecule has 1 amide bonds. The van der Waals surface area contributed by atoms with Crippen LogP contribution in [0.25, 0.3) is 0 Å². The Hall–Kier alpha value is -0.990. The van der Waals surface area contributed by atoms with Gasteiger partial charge < -0.3 is 10.1 Å². The molecule has 1 aliphatic heterocycles. The van der Waals surface area contributed by atoms with Crippen molar-refractivity contribution < 1.29 is 9.53 Å². The van der Waals surface area contributed by atoms with Crippen molar-refractivity contribution in [2.24, 2.45) is 5.92 Å². The maximum atomic E-state index is 11.1. The monoisotopic (exact) mass is 169 g/mol. The van der Waals surface area contributed by atoms with Crippen LogP contribution in [0.4, 0.5) is 0 Å². The predicted octanol–water partition coefficient (Wildman–Crippen LogP) is 1.06. The molecule has 0 aromatic heterocycles. The third-order valence-electron chi connectivity index (χ3n) is 1.79. The van der Waals surface area contributed by atoms with E-state index < -0.39 is 0 Å². The van der Waals surface area contributed by atoms with E-state index in [0.29, 0.717) is 6.54 Å². The molecule has 1 rings (SSSR count). The van der Waals surface area contributed by atoms with Gasteiger partial charge in [0.25, 0.3) is 0 Å². The van der Waals surface area contributed by atoms with Crippen molar-refractivity contribution in [3.05, 3.63) is 12.3 Å². The molecule has 0 saturated carbocycles. The number of rotatable bonds is 3. The molecule has 0 fully saturated rings. The van der Waals surface area contributed by atoms with Crippen LogP contribution in [-0.4, -0.2) is 18.6 Å². The summed E-state index contributed by atoms with van der Waals surface area (Å²) < 4.78 is 5.19. The smallest absolute Gasteiger partial charge is 0.222 e. The Labute approximate surface area is 72.8 Å². The fraction of sp³-hybridized carbons (Fsp3) is 0.667. The van der Waals surface area contributed by atoms with E-state index in [4.69, 9.17) is 4.74 Å². The minimum Gasteiger partial charge on any atom is -0.496 e. The van der Waals surface area contributed by atoms with Gasteiger partial charge in [0.05, 0.1) is 12.8 Å². The lowest BCUT2D eigenvalue weighted by Crippen LogP contribution is -2.34. The lowest BCUT2D eigenvalue weighted by atomic mass is 10.2. The average Bonchev–Trinajstić information content (AvgIpc) is 2.51. The van der Waals surface area contributed by atoms with Crippen LogP contribution in [-0.2, 0) is 9.53 Å². The van der Waals surface area contributed by atoms with Gasteiger partial charge in [0.15, 0.2) is 0 Å². The summed E-state index contributed by atoms with van der Waals surface area (Å²) in [5, 5.41) is 2.82. The van der Waals surface area contributed by atoms with Crippen molar-refractivity contribution in [3.63, 3.8) is 0 Å². The molecular weight excluding hydrogens is 154 g/mol. The zero-order valence-electron chi connectivity index (χ0n) is 7.54. The molecule has 1 unspecified atom stereocenters. The minimum absolute atomic E-state index is 0.0550. The highest BCUT2D eigenvalue weighted by Crippen LogP contribution is 2.07. The van der Waals surface area contributed by atoms with Crippen LogP contribution in [0.5, 0.6) is 0 Å². The van der Waals surface area contributed by atoms with E-state index >= 15 is 0 Å². The molecule has 0 bridgehead atoms. The normalized spacial score (nSPS) is 21.1. The summed E-state index contributed by atoms with van der Waals surface area (Å²) in [6.07, 6.45) is 4.70. The topological polar surface area (TPSA) is 38.3 Å². The molecule has 0 aromatic rings. The molecule has 0 saturated heterocycles. The average molecular weight is 169 g/mol. The van der Waals surface area contributed by atoms with Gasteiger partial charge in [-0.3, -0.25) is 4.79 Å². The Kier molecular flexibility index (Phi) is 3.14. The van der Waals surface area contributed by atoms with Crippen LogP contribution >= 0.6 is 0 Å². The summed E-state index contributed by atoms with van der Waals surface area (Å²) >= 11 is 0. The molecule has 0 aliphatic carbocycles. The zero-order chi connectivity index (χ0) is 8.97. The van der Waals surface area contributed by atoms with Crippen molar-refractivity contribution in [3.8, 4) is 0 Å². The number of hydrogen-bond donors (Lipinski definition) is 1. The zero-order valence-corrected chi connectivity index (χ0v) is 7.54. The van der Waals surface area contributed by atoms with Gasteiger partial charge in [-0.2, -0.15) is 0 Å². The highest BCUT2D eigenvalue weighted by molar-refractivity contribution is 5.77. The predicted molar refractivity (Wildman–Crippen MR) is 46.5 cm³/mol. The van der Waals surface area contributed by atoms with Crippen molar-refractivity contribution in [1.29, 1.82) is 0 Å². The van der Waals surface area contributed by atoms with Gasteiger partial charge in [-0.25, -0.2) is 0 Å². The summed E-state index contributed by atoms with van der Waals surface area (Å²) in [6.45, 7) is 4.37. The molecular formula is C9H15NO2. The highest BCUT2D eigenvalue weighted by atomic mass is 16.5. The molecule has 1 heterocycles. The maximum absolute atomic E-state index is 11.1. The van der Waals surface area contributed by atoms with Crippen LogP contribution < -0.4 is 5.32 Å². The fourth-order valence-corrected chi connectivity index (χ4v) is 0.980. The third-order valence-corrected chi connectivity index (χ3v) is 1.79. The Morgan fingerprint density at radius 2 is 2.50 bits per heavy atom. The Morgan fingerprint density at radius 3 is 3.00 bits per heavy atom. The van der Waals surface area contributed by atoms with E-state index in [1.165, 1.54) is 0 Å². The molecule has 1 N–H and O–H groups in total. The Bertz CT molecular complexity index is 179. The van der Waals surface area contributed by atoms with Crippen molar-refractivity contribution in [1.82, 2.24) is 5.32 Å². The number of carbonyl (C=O) groups is 1. The Balaban J connectivity index is 2.13. The SMILES string of the molecule is CC(C)C(=O)NCC1CC=CO1.